The molecule has 0 aliphatic carbocycles. The normalized spacial score (nSPS) is 13.2. The topological polar surface area (TPSA) is 109 Å². The number of aromatic nitrogens is 2. The molecule has 1 unspecified atom stereocenters. The van der Waals surface area contributed by atoms with Crippen molar-refractivity contribution in [1.29, 1.82) is 0 Å². The molecule has 0 bridgehead atoms. The molecular weight excluding hydrogens is 475 g/mol. The number of aliphatic hydroxyl groups excluding tert-OH is 1. The molecule has 2 N–H and O–H groups in total. The van der Waals surface area contributed by atoms with Crippen LogP contribution in [0.2, 0.25) is 0 Å². The number of halogens is 3. The number of thiazole rings is 2. The SMILES string of the molecule is Cc1nc(C(C)O)sc1-c1csc(NC(=O)Cc2ccc(S(=O)(=O)C(F)(F)F)cc2)n1. The fourth-order valence-electron chi connectivity index (χ4n) is 2.54. The van der Waals surface area contributed by atoms with Gasteiger partial charge in [0.15, 0.2) is 5.13 Å². The predicted molar refractivity (Wildman–Crippen MR) is 111 cm³/mol. The second-order valence-corrected chi connectivity index (χ2v) is 10.3. The molecule has 13 heteroatoms. The number of nitrogens with one attached hydrogen (secondary N) is 1. The lowest BCUT2D eigenvalue weighted by Gasteiger charge is -2.08. The summed E-state index contributed by atoms with van der Waals surface area (Å²) < 4.78 is 60.5. The van der Waals surface area contributed by atoms with Crippen LogP contribution in [-0.4, -0.2) is 34.9 Å². The van der Waals surface area contributed by atoms with Crippen molar-refractivity contribution in [2.24, 2.45) is 0 Å². The van der Waals surface area contributed by atoms with E-state index in [1.54, 1.807) is 19.2 Å². The van der Waals surface area contributed by atoms with Crippen molar-refractivity contribution in [1.82, 2.24) is 9.97 Å². The predicted octanol–water partition coefficient (Wildman–Crippen LogP) is 4.10. The van der Waals surface area contributed by atoms with Crippen LogP contribution in [0.25, 0.3) is 10.6 Å². The number of carbonyl (C=O) groups excluding carboxylic acids is 1. The number of amides is 1. The second-order valence-electron chi connectivity index (χ2n) is 6.50. The minimum Gasteiger partial charge on any atom is -0.386 e. The zero-order valence-corrected chi connectivity index (χ0v) is 18.5. The first-order chi connectivity index (χ1) is 14.4. The van der Waals surface area contributed by atoms with Gasteiger partial charge in [0.25, 0.3) is 9.84 Å². The maximum absolute atomic E-state index is 12.6. The quantitative estimate of drug-likeness (QED) is 0.537. The number of alkyl halides is 3. The Kier molecular flexibility index (Phi) is 6.51. The molecule has 3 rings (SSSR count). The maximum Gasteiger partial charge on any atom is 0.501 e. The third-order valence-corrected chi connectivity index (χ3v) is 7.67. The molecule has 0 spiro atoms. The van der Waals surface area contributed by atoms with Crippen LogP contribution in [0.3, 0.4) is 0 Å². The number of sulfone groups is 1. The molecule has 0 saturated carbocycles. The van der Waals surface area contributed by atoms with Gasteiger partial charge in [0.1, 0.15) is 11.1 Å². The number of hydrogen-bond acceptors (Lipinski definition) is 8. The first-order valence-electron chi connectivity index (χ1n) is 8.70. The van der Waals surface area contributed by atoms with Gasteiger partial charge in [-0.05, 0) is 31.5 Å². The van der Waals surface area contributed by atoms with Crippen LogP contribution >= 0.6 is 22.7 Å². The van der Waals surface area contributed by atoms with Crippen LogP contribution in [0.4, 0.5) is 18.3 Å². The fourth-order valence-corrected chi connectivity index (χ4v) is 5.06. The van der Waals surface area contributed by atoms with Gasteiger partial charge < -0.3 is 10.4 Å². The number of rotatable bonds is 6. The third-order valence-electron chi connectivity index (χ3n) is 4.06. The summed E-state index contributed by atoms with van der Waals surface area (Å²) in [6.07, 6.45) is -0.875. The van der Waals surface area contributed by atoms with Crippen molar-refractivity contribution < 1.29 is 31.5 Å². The average molecular weight is 492 g/mol. The number of nitrogens with zero attached hydrogens (tertiary/aromatic N) is 2. The van der Waals surface area contributed by atoms with Crippen LogP contribution in [-0.2, 0) is 21.1 Å². The zero-order valence-electron chi connectivity index (χ0n) is 16.1. The molecule has 0 radical (unpaired) electrons. The molecule has 0 saturated heterocycles. The molecule has 3 aromatic rings. The van der Waals surface area contributed by atoms with E-state index < -0.39 is 32.3 Å². The second kappa shape index (κ2) is 8.65. The molecule has 1 aromatic carbocycles. The van der Waals surface area contributed by atoms with E-state index in [1.807, 2.05) is 0 Å². The largest absolute Gasteiger partial charge is 0.501 e. The van der Waals surface area contributed by atoms with E-state index in [1.165, 1.54) is 22.7 Å². The molecular formula is C18H16F3N3O4S3. The molecule has 0 aliphatic rings. The van der Waals surface area contributed by atoms with Crippen LogP contribution in [0.15, 0.2) is 34.5 Å². The monoisotopic (exact) mass is 491 g/mol. The number of aryl methyl sites for hydroxylation is 1. The van der Waals surface area contributed by atoms with Crippen molar-refractivity contribution >= 4 is 43.5 Å². The molecule has 0 fully saturated rings. The van der Waals surface area contributed by atoms with Gasteiger partial charge in [-0.15, -0.1) is 22.7 Å². The van der Waals surface area contributed by atoms with Crippen molar-refractivity contribution in [3.8, 4) is 10.6 Å². The molecule has 2 heterocycles. The van der Waals surface area contributed by atoms with Gasteiger partial charge in [0.2, 0.25) is 5.91 Å². The van der Waals surface area contributed by atoms with E-state index in [9.17, 15) is 31.5 Å². The standard InChI is InChI=1S/C18H16F3N3O4S3/c1-9-15(30-16(22-9)10(2)25)13-8-29-17(23-13)24-14(26)7-11-3-5-12(6-4-11)31(27,28)18(19,20)21/h3-6,8,10,25H,7H2,1-2H3,(H,23,24,26). The van der Waals surface area contributed by atoms with E-state index in [0.29, 0.717) is 27.1 Å². The summed E-state index contributed by atoms with van der Waals surface area (Å²) in [5, 5.41) is 14.9. The minimum atomic E-state index is -5.43. The summed E-state index contributed by atoms with van der Waals surface area (Å²) in [5.74, 6) is -0.460. The van der Waals surface area contributed by atoms with Crippen LogP contribution in [0.5, 0.6) is 0 Å². The molecule has 2 aromatic heterocycles. The Bertz CT molecular complexity index is 1200. The summed E-state index contributed by atoms with van der Waals surface area (Å²) >= 11 is 2.49. The average Bonchev–Trinajstić information content (AvgIpc) is 3.27. The van der Waals surface area contributed by atoms with Crippen LogP contribution in [0.1, 0.15) is 29.3 Å². The highest BCUT2D eigenvalue weighted by atomic mass is 32.2. The van der Waals surface area contributed by atoms with Crippen molar-refractivity contribution in [3.63, 3.8) is 0 Å². The Balaban J connectivity index is 1.67. The van der Waals surface area contributed by atoms with E-state index in [-0.39, 0.29) is 6.42 Å². The number of carbonyl (C=O) groups is 1. The molecule has 1 atom stereocenters. The summed E-state index contributed by atoms with van der Waals surface area (Å²) in [5.41, 5.74) is -3.74. The van der Waals surface area contributed by atoms with Gasteiger partial charge in [0.05, 0.1) is 27.6 Å². The fraction of sp³-hybridized carbons (Fsp3) is 0.278. The smallest absolute Gasteiger partial charge is 0.386 e. The summed E-state index contributed by atoms with van der Waals surface area (Å²) in [6.45, 7) is 3.40. The number of aliphatic hydroxyl groups is 1. The highest BCUT2D eigenvalue weighted by molar-refractivity contribution is 7.92. The van der Waals surface area contributed by atoms with Gasteiger partial charge >= 0.3 is 5.51 Å². The maximum atomic E-state index is 12.6. The van der Waals surface area contributed by atoms with Gasteiger partial charge in [-0.25, -0.2) is 18.4 Å². The first-order valence-corrected chi connectivity index (χ1v) is 11.9. The van der Waals surface area contributed by atoms with E-state index in [0.717, 1.165) is 29.1 Å². The summed E-state index contributed by atoms with van der Waals surface area (Å²) in [7, 11) is -5.43. The number of benzene rings is 1. The zero-order chi connectivity index (χ0) is 23.0. The number of anilines is 1. The molecule has 1 amide bonds. The van der Waals surface area contributed by atoms with E-state index >= 15 is 0 Å². The van der Waals surface area contributed by atoms with Gasteiger partial charge in [-0.1, -0.05) is 12.1 Å². The Morgan fingerprint density at radius 2 is 1.87 bits per heavy atom. The lowest BCUT2D eigenvalue weighted by molar-refractivity contribution is -0.115. The van der Waals surface area contributed by atoms with Crippen molar-refractivity contribution in [2.45, 2.75) is 36.8 Å². The third kappa shape index (κ3) is 5.11. The summed E-state index contributed by atoms with van der Waals surface area (Å²) in [4.78, 5) is 20.8. The molecule has 31 heavy (non-hydrogen) atoms. The van der Waals surface area contributed by atoms with Crippen molar-refractivity contribution in [3.05, 3.63) is 45.9 Å². The Labute approximate surface area is 183 Å². The van der Waals surface area contributed by atoms with Gasteiger partial charge in [0, 0.05) is 5.38 Å². The molecule has 0 aliphatic heterocycles. The Morgan fingerprint density at radius 1 is 1.23 bits per heavy atom. The van der Waals surface area contributed by atoms with Crippen LogP contribution in [0, 0.1) is 6.92 Å². The van der Waals surface area contributed by atoms with E-state index in [4.69, 9.17) is 0 Å². The van der Waals surface area contributed by atoms with E-state index in [2.05, 4.69) is 15.3 Å². The lowest BCUT2D eigenvalue weighted by atomic mass is 10.1. The van der Waals surface area contributed by atoms with Crippen LogP contribution < -0.4 is 5.32 Å². The first kappa shape index (κ1) is 23.3. The number of hydrogen-bond donors (Lipinski definition) is 2. The molecule has 7 nitrogen and oxygen atoms in total. The lowest BCUT2D eigenvalue weighted by Crippen LogP contribution is -2.23. The van der Waals surface area contributed by atoms with Crippen molar-refractivity contribution in [2.75, 3.05) is 5.32 Å². The summed E-state index contributed by atoms with van der Waals surface area (Å²) in [6, 6.07) is 3.95. The Hall–Kier alpha value is -2.35. The van der Waals surface area contributed by atoms with Gasteiger partial charge in [-0.2, -0.15) is 13.2 Å². The van der Waals surface area contributed by atoms with Gasteiger partial charge in [-0.3, -0.25) is 4.79 Å². The highest BCUT2D eigenvalue weighted by Gasteiger charge is 2.46. The minimum absolute atomic E-state index is 0.174. The molecule has 166 valence electrons. The Morgan fingerprint density at radius 3 is 2.42 bits per heavy atom. The highest BCUT2D eigenvalue weighted by Crippen LogP contribution is 2.34.